The van der Waals surface area contributed by atoms with Gasteiger partial charge in [0, 0.05) is 35.1 Å². The number of aryl methyl sites for hydroxylation is 1. The van der Waals surface area contributed by atoms with Gasteiger partial charge in [-0.2, -0.15) is 0 Å². The molecule has 0 aliphatic carbocycles. The molecule has 0 fully saturated rings. The molecule has 0 bridgehead atoms. The lowest BCUT2D eigenvalue weighted by Gasteiger charge is -2.13. The molecule has 9 heteroatoms. The quantitative estimate of drug-likeness (QED) is 0.479. The lowest BCUT2D eigenvalue weighted by Crippen LogP contribution is -2.17. The summed E-state index contributed by atoms with van der Waals surface area (Å²) in [7, 11) is -0.896. The van der Waals surface area contributed by atoms with Gasteiger partial charge in [0.15, 0.2) is 0 Å². The molecule has 2 N–H and O–H groups in total. The summed E-state index contributed by atoms with van der Waals surface area (Å²) in [5, 5.41) is 2.77. The zero-order chi connectivity index (χ0) is 24.0. The third-order valence-corrected chi connectivity index (χ3v) is 6.17. The van der Waals surface area contributed by atoms with Crippen LogP contribution in [0.3, 0.4) is 0 Å². The van der Waals surface area contributed by atoms with E-state index in [0.29, 0.717) is 40.8 Å². The van der Waals surface area contributed by atoms with Crippen molar-refractivity contribution in [3.8, 4) is 17.2 Å². The van der Waals surface area contributed by atoms with E-state index in [4.69, 9.17) is 14.2 Å². The molecule has 3 aromatic carbocycles. The van der Waals surface area contributed by atoms with Crippen LogP contribution in [0.2, 0.25) is 0 Å². The fourth-order valence-electron chi connectivity index (χ4n) is 3.09. The van der Waals surface area contributed by atoms with Crippen molar-refractivity contribution in [2.45, 2.75) is 18.7 Å². The van der Waals surface area contributed by atoms with Crippen LogP contribution < -0.4 is 24.2 Å². The van der Waals surface area contributed by atoms with Crippen molar-refractivity contribution < 1.29 is 27.4 Å². The molecule has 0 unspecified atom stereocenters. The van der Waals surface area contributed by atoms with Crippen molar-refractivity contribution in [2.24, 2.45) is 0 Å². The molecule has 3 rings (SSSR count). The van der Waals surface area contributed by atoms with E-state index in [2.05, 4.69) is 10.0 Å². The Hall–Kier alpha value is -3.72. The Morgan fingerprint density at radius 3 is 2.06 bits per heavy atom. The summed E-state index contributed by atoms with van der Waals surface area (Å²) in [6.45, 7) is 4.12. The molecule has 0 aliphatic heterocycles. The van der Waals surface area contributed by atoms with E-state index in [1.54, 1.807) is 55.5 Å². The second-order valence-electron chi connectivity index (χ2n) is 7.10. The minimum atomic E-state index is -3.92. The number of nitrogens with one attached hydrogen (secondary N) is 2. The maximum atomic E-state index is 12.9. The Kier molecular flexibility index (Phi) is 7.44. The molecule has 0 aliphatic rings. The molecule has 0 saturated heterocycles. The van der Waals surface area contributed by atoms with Gasteiger partial charge in [-0.05, 0) is 55.8 Å². The molecule has 0 aromatic heterocycles. The minimum absolute atomic E-state index is 0.0321. The average molecular weight is 471 g/mol. The van der Waals surface area contributed by atoms with Crippen LogP contribution in [0.25, 0.3) is 0 Å². The fraction of sp³-hybridized carbons (Fsp3) is 0.208. The number of carbonyl (C=O) groups excluding carboxylic acids is 1. The third kappa shape index (κ3) is 5.95. The molecule has 0 radical (unpaired) electrons. The van der Waals surface area contributed by atoms with E-state index in [1.807, 2.05) is 6.92 Å². The van der Waals surface area contributed by atoms with Gasteiger partial charge in [0.2, 0.25) is 0 Å². The molecule has 8 nitrogen and oxygen atoms in total. The van der Waals surface area contributed by atoms with Gasteiger partial charge in [0.05, 0.1) is 25.7 Å². The largest absolute Gasteiger partial charge is 0.497 e. The van der Waals surface area contributed by atoms with E-state index in [0.717, 1.165) is 0 Å². The van der Waals surface area contributed by atoms with E-state index >= 15 is 0 Å². The molecule has 3 aromatic rings. The lowest BCUT2D eigenvalue weighted by atomic mass is 10.1. The first-order chi connectivity index (χ1) is 15.7. The molecule has 0 heterocycles. The van der Waals surface area contributed by atoms with Gasteiger partial charge in [0.25, 0.3) is 15.9 Å². The molecular formula is C24H26N2O6S. The van der Waals surface area contributed by atoms with Crippen molar-refractivity contribution in [3.63, 3.8) is 0 Å². The first-order valence-corrected chi connectivity index (χ1v) is 11.6. The van der Waals surface area contributed by atoms with E-state index in [9.17, 15) is 13.2 Å². The Balaban J connectivity index is 1.84. The maximum Gasteiger partial charge on any atom is 0.261 e. The maximum absolute atomic E-state index is 12.9. The van der Waals surface area contributed by atoms with Crippen molar-refractivity contribution in [2.75, 3.05) is 30.9 Å². The Labute approximate surface area is 193 Å². The van der Waals surface area contributed by atoms with Gasteiger partial charge in [0.1, 0.15) is 17.2 Å². The standard InChI is InChI=1S/C24H26N2O6S/c1-5-32-19-9-7-17(8-10-19)26-33(28,29)22-11-6-16(2)23(15-22)24(27)25-18-12-20(30-3)14-21(13-18)31-4/h6-15,26H,5H2,1-4H3,(H,25,27). The highest BCUT2D eigenvalue weighted by Gasteiger charge is 2.19. The Bertz CT molecular complexity index is 1220. The summed E-state index contributed by atoms with van der Waals surface area (Å²) >= 11 is 0. The lowest BCUT2D eigenvalue weighted by molar-refractivity contribution is 0.102. The van der Waals surface area contributed by atoms with E-state index < -0.39 is 15.9 Å². The number of ether oxygens (including phenoxy) is 3. The van der Waals surface area contributed by atoms with Crippen LogP contribution in [0, 0.1) is 6.92 Å². The molecule has 1 amide bonds. The zero-order valence-corrected chi connectivity index (χ0v) is 19.7. The summed E-state index contributed by atoms with van der Waals surface area (Å²) in [5.74, 6) is 1.21. The third-order valence-electron chi connectivity index (χ3n) is 4.79. The van der Waals surface area contributed by atoms with Gasteiger partial charge >= 0.3 is 0 Å². The molecule has 0 spiro atoms. The predicted molar refractivity (Wildman–Crippen MR) is 127 cm³/mol. The SMILES string of the molecule is CCOc1ccc(NS(=O)(=O)c2ccc(C)c(C(=O)Nc3cc(OC)cc(OC)c3)c2)cc1. The van der Waals surface area contributed by atoms with Crippen LogP contribution in [-0.4, -0.2) is 35.2 Å². The van der Waals surface area contributed by atoms with E-state index in [1.165, 1.54) is 26.4 Å². The highest BCUT2D eigenvalue weighted by Crippen LogP contribution is 2.27. The number of rotatable bonds is 9. The van der Waals surface area contributed by atoms with Crippen LogP contribution in [0.15, 0.2) is 65.6 Å². The van der Waals surface area contributed by atoms with Crippen LogP contribution >= 0.6 is 0 Å². The molecular weight excluding hydrogens is 444 g/mol. The van der Waals surface area contributed by atoms with Crippen molar-refractivity contribution >= 4 is 27.3 Å². The van der Waals surface area contributed by atoms with Crippen molar-refractivity contribution in [1.29, 1.82) is 0 Å². The number of benzene rings is 3. The normalized spacial score (nSPS) is 10.9. The number of methoxy groups -OCH3 is 2. The highest BCUT2D eigenvalue weighted by molar-refractivity contribution is 7.92. The summed E-state index contributed by atoms with van der Waals surface area (Å²) in [6, 6.07) is 15.9. The molecule has 0 saturated carbocycles. The number of sulfonamides is 1. The molecule has 33 heavy (non-hydrogen) atoms. The second-order valence-corrected chi connectivity index (χ2v) is 8.78. The van der Waals surface area contributed by atoms with Crippen LogP contribution in [0.4, 0.5) is 11.4 Å². The number of carbonyl (C=O) groups is 1. The van der Waals surface area contributed by atoms with Crippen LogP contribution in [-0.2, 0) is 10.0 Å². The first kappa shape index (κ1) is 23.9. The highest BCUT2D eigenvalue weighted by atomic mass is 32.2. The van der Waals surface area contributed by atoms with Gasteiger partial charge < -0.3 is 19.5 Å². The average Bonchev–Trinajstić information content (AvgIpc) is 2.80. The zero-order valence-electron chi connectivity index (χ0n) is 18.8. The minimum Gasteiger partial charge on any atom is -0.497 e. The summed E-state index contributed by atoms with van der Waals surface area (Å²) < 4.78 is 44.2. The monoisotopic (exact) mass is 470 g/mol. The van der Waals surface area contributed by atoms with Crippen molar-refractivity contribution in [1.82, 2.24) is 0 Å². The van der Waals surface area contributed by atoms with Gasteiger partial charge in [-0.1, -0.05) is 6.07 Å². The summed E-state index contributed by atoms with van der Waals surface area (Å²) in [5.41, 5.74) is 1.69. The van der Waals surface area contributed by atoms with Gasteiger partial charge in [-0.15, -0.1) is 0 Å². The number of hydrogen-bond acceptors (Lipinski definition) is 6. The second kappa shape index (κ2) is 10.3. The predicted octanol–water partition coefficient (Wildman–Crippen LogP) is 4.46. The molecule has 174 valence electrons. The number of anilines is 2. The Morgan fingerprint density at radius 1 is 0.848 bits per heavy atom. The summed E-state index contributed by atoms with van der Waals surface area (Å²) in [6.07, 6.45) is 0. The topological polar surface area (TPSA) is 103 Å². The van der Waals surface area contributed by atoms with Crippen LogP contribution in [0.5, 0.6) is 17.2 Å². The fourth-order valence-corrected chi connectivity index (χ4v) is 4.18. The molecule has 0 atom stereocenters. The van der Waals surface area contributed by atoms with E-state index in [-0.39, 0.29) is 10.5 Å². The number of hydrogen-bond donors (Lipinski definition) is 2. The smallest absolute Gasteiger partial charge is 0.261 e. The van der Waals surface area contributed by atoms with Gasteiger partial charge in [-0.25, -0.2) is 8.42 Å². The first-order valence-electron chi connectivity index (χ1n) is 10.2. The van der Waals surface area contributed by atoms with Gasteiger partial charge in [-0.3, -0.25) is 9.52 Å². The van der Waals surface area contributed by atoms with Crippen LogP contribution in [0.1, 0.15) is 22.8 Å². The van der Waals surface area contributed by atoms with Crippen molar-refractivity contribution in [3.05, 3.63) is 71.8 Å². The Morgan fingerprint density at radius 2 is 1.48 bits per heavy atom. The number of amides is 1. The summed E-state index contributed by atoms with van der Waals surface area (Å²) in [4.78, 5) is 12.9.